The molecule has 0 saturated carbocycles. The van der Waals surface area contributed by atoms with Crippen molar-refractivity contribution in [2.75, 3.05) is 49.2 Å². The van der Waals surface area contributed by atoms with Gasteiger partial charge < -0.3 is 4.74 Å². The number of thiazole rings is 1. The van der Waals surface area contributed by atoms with Crippen molar-refractivity contribution in [2.24, 2.45) is 0 Å². The topological polar surface area (TPSA) is 83.1 Å². The van der Waals surface area contributed by atoms with Gasteiger partial charge in [0, 0.05) is 44.6 Å². The first-order valence-electron chi connectivity index (χ1n) is 11.1. The van der Waals surface area contributed by atoms with Crippen LogP contribution in [0.2, 0.25) is 5.02 Å². The van der Waals surface area contributed by atoms with Crippen LogP contribution < -0.4 is 9.80 Å². The third kappa shape index (κ3) is 4.56. The summed E-state index contributed by atoms with van der Waals surface area (Å²) < 4.78 is 6.34. The number of imide groups is 1. The first-order chi connectivity index (χ1) is 16.5. The van der Waals surface area contributed by atoms with Gasteiger partial charge >= 0.3 is 0 Å². The molecule has 2 aromatic carbocycles. The molecule has 3 aromatic rings. The molecule has 3 amide bonds. The highest BCUT2D eigenvalue weighted by Gasteiger charge is 2.30. The van der Waals surface area contributed by atoms with Gasteiger partial charge in [-0.2, -0.15) is 0 Å². The first kappa shape index (κ1) is 22.9. The number of morpholine rings is 1. The van der Waals surface area contributed by atoms with Crippen LogP contribution in [0.4, 0.5) is 10.8 Å². The summed E-state index contributed by atoms with van der Waals surface area (Å²) >= 11 is 7.75. The highest BCUT2D eigenvalue weighted by Crippen LogP contribution is 2.33. The smallest absolute Gasteiger partial charge is 0.260 e. The zero-order valence-corrected chi connectivity index (χ0v) is 20.0. The van der Waals surface area contributed by atoms with E-state index in [2.05, 4.69) is 9.88 Å². The van der Waals surface area contributed by atoms with Crippen LogP contribution in [-0.4, -0.2) is 67.0 Å². The van der Waals surface area contributed by atoms with Crippen molar-refractivity contribution in [2.45, 2.75) is 12.8 Å². The van der Waals surface area contributed by atoms with E-state index in [-0.39, 0.29) is 30.6 Å². The van der Waals surface area contributed by atoms with E-state index in [1.54, 1.807) is 35.2 Å². The second-order valence-electron chi connectivity index (χ2n) is 8.16. The Hall–Kier alpha value is -2.85. The van der Waals surface area contributed by atoms with Crippen LogP contribution in [0, 0.1) is 0 Å². The number of fused-ring (bicyclic) bond motifs is 1. The second kappa shape index (κ2) is 9.79. The molecule has 0 unspecified atom stereocenters. The standard InChI is InChI=1S/C24H23ClN4O4S/c25-18-2-1-3-19-22(18)26-24(34-19)28(11-10-27-12-14-33-15-13-27)23(32)16-4-6-17(7-5-16)29-20(30)8-9-21(29)31/h1-7H,8-15H2. The monoisotopic (exact) mass is 498 g/mol. The zero-order chi connectivity index (χ0) is 23.7. The maximum absolute atomic E-state index is 13.6. The molecule has 0 spiro atoms. The summed E-state index contributed by atoms with van der Waals surface area (Å²) in [6, 6.07) is 12.2. The number of aromatic nitrogens is 1. The summed E-state index contributed by atoms with van der Waals surface area (Å²) in [6.45, 7) is 4.15. The van der Waals surface area contributed by atoms with Crippen LogP contribution in [0.25, 0.3) is 10.2 Å². The quantitative estimate of drug-likeness (QED) is 0.483. The van der Waals surface area contributed by atoms with E-state index in [0.717, 1.165) is 17.8 Å². The van der Waals surface area contributed by atoms with Crippen molar-refractivity contribution in [3.63, 3.8) is 0 Å². The fourth-order valence-electron chi connectivity index (χ4n) is 4.14. The van der Waals surface area contributed by atoms with Gasteiger partial charge in [0.1, 0.15) is 5.52 Å². The van der Waals surface area contributed by atoms with Crippen LogP contribution in [-0.2, 0) is 14.3 Å². The molecular weight excluding hydrogens is 476 g/mol. The Morgan fingerprint density at radius 2 is 1.76 bits per heavy atom. The number of hydrogen-bond donors (Lipinski definition) is 0. The number of amides is 3. The number of nitrogens with zero attached hydrogens (tertiary/aromatic N) is 4. The number of carbonyl (C=O) groups excluding carboxylic acids is 3. The molecule has 1 aromatic heterocycles. The highest BCUT2D eigenvalue weighted by atomic mass is 35.5. The summed E-state index contributed by atoms with van der Waals surface area (Å²) in [7, 11) is 0. The molecule has 0 aliphatic carbocycles. The van der Waals surface area contributed by atoms with Crippen LogP contribution in [0.15, 0.2) is 42.5 Å². The summed E-state index contributed by atoms with van der Waals surface area (Å²) in [4.78, 5) is 47.5. The van der Waals surface area contributed by atoms with Crippen LogP contribution >= 0.6 is 22.9 Å². The Morgan fingerprint density at radius 1 is 1.06 bits per heavy atom. The van der Waals surface area contributed by atoms with Gasteiger partial charge in [0.2, 0.25) is 11.8 Å². The van der Waals surface area contributed by atoms with E-state index in [9.17, 15) is 14.4 Å². The minimum absolute atomic E-state index is 0.200. The Kier molecular flexibility index (Phi) is 6.60. The zero-order valence-electron chi connectivity index (χ0n) is 18.4. The molecule has 0 N–H and O–H groups in total. The van der Waals surface area contributed by atoms with Gasteiger partial charge in [-0.05, 0) is 36.4 Å². The molecule has 3 heterocycles. The van der Waals surface area contributed by atoms with Gasteiger partial charge in [-0.15, -0.1) is 0 Å². The molecule has 2 fully saturated rings. The summed E-state index contributed by atoms with van der Waals surface area (Å²) in [5, 5.41) is 1.13. The SMILES string of the molecule is O=C(c1ccc(N2C(=O)CCC2=O)cc1)N(CCN1CCOCC1)c1nc2c(Cl)cccc2s1. The molecule has 0 bridgehead atoms. The van der Waals surface area contributed by atoms with E-state index in [4.69, 9.17) is 16.3 Å². The van der Waals surface area contributed by atoms with Crippen LogP contribution in [0.5, 0.6) is 0 Å². The lowest BCUT2D eigenvalue weighted by Gasteiger charge is -2.29. The van der Waals surface area contributed by atoms with Gasteiger partial charge in [0.25, 0.3) is 5.91 Å². The lowest BCUT2D eigenvalue weighted by atomic mass is 10.1. The molecule has 34 heavy (non-hydrogen) atoms. The van der Waals surface area contributed by atoms with Crippen molar-refractivity contribution in [3.05, 3.63) is 53.1 Å². The van der Waals surface area contributed by atoms with Gasteiger partial charge in [0.05, 0.1) is 28.6 Å². The highest BCUT2D eigenvalue weighted by molar-refractivity contribution is 7.22. The van der Waals surface area contributed by atoms with Crippen molar-refractivity contribution >= 4 is 61.7 Å². The largest absolute Gasteiger partial charge is 0.379 e. The number of ether oxygens (including phenoxy) is 1. The maximum Gasteiger partial charge on any atom is 0.260 e. The minimum Gasteiger partial charge on any atom is -0.379 e. The predicted molar refractivity (Wildman–Crippen MR) is 132 cm³/mol. The van der Waals surface area contributed by atoms with E-state index in [1.165, 1.54) is 16.2 Å². The lowest BCUT2D eigenvalue weighted by Crippen LogP contribution is -2.43. The molecule has 2 aliphatic heterocycles. The number of hydrogen-bond acceptors (Lipinski definition) is 7. The molecule has 2 saturated heterocycles. The Bertz CT molecular complexity index is 1220. The van der Waals surface area contributed by atoms with Gasteiger partial charge in [-0.3, -0.25) is 29.1 Å². The summed E-state index contributed by atoms with van der Waals surface area (Å²) in [6.07, 6.45) is 0.435. The average Bonchev–Trinajstić information content (AvgIpc) is 3.43. The fourth-order valence-corrected chi connectivity index (χ4v) is 5.43. The number of para-hydroxylation sites is 1. The molecule has 176 valence electrons. The number of halogens is 1. The van der Waals surface area contributed by atoms with Crippen LogP contribution in [0.3, 0.4) is 0 Å². The molecule has 10 heteroatoms. The molecule has 8 nitrogen and oxygen atoms in total. The van der Waals surface area contributed by atoms with Crippen LogP contribution in [0.1, 0.15) is 23.2 Å². The third-order valence-corrected chi connectivity index (χ3v) is 7.35. The average molecular weight is 499 g/mol. The predicted octanol–water partition coefficient (Wildman–Crippen LogP) is 3.58. The minimum atomic E-state index is -0.220. The van der Waals surface area contributed by atoms with Crippen molar-refractivity contribution in [3.8, 4) is 0 Å². The Balaban J connectivity index is 1.42. The van der Waals surface area contributed by atoms with Gasteiger partial charge in [-0.1, -0.05) is 29.0 Å². The van der Waals surface area contributed by atoms with E-state index >= 15 is 0 Å². The summed E-state index contributed by atoms with van der Waals surface area (Å²) in [5.41, 5.74) is 1.61. The van der Waals surface area contributed by atoms with Crippen molar-refractivity contribution in [1.29, 1.82) is 0 Å². The number of rotatable bonds is 6. The number of carbonyl (C=O) groups is 3. The summed E-state index contributed by atoms with van der Waals surface area (Å²) in [5.74, 6) is -0.640. The molecule has 0 radical (unpaired) electrons. The molecule has 2 aliphatic rings. The van der Waals surface area contributed by atoms with Gasteiger partial charge in [-0.25, -0.2) is 4.98 Å². The second-order valence-corrected chi connectivity index (χ2v) is 9.58. The van der Waals surface area contributed by atoms with Gasteiger partial charge in [0.15, 0.2) is 5.13 Å². The van der Waals surface area contributed by atoms with E-state index in [0.29, 0.717) is 53.2 Å². The Morgan fingerprint density at radius 3 is 2.44 bits per heavy atom. The molecule has 5 rings (SSSR count). The lowest BCUT2D eigenvalue weighted by molar-refractivity contribution is -0.121. The fraction of sp³-hybridized carbons (Fsp3) is 0.333. The number of benzene rings is 2. The normalized spacial score (nSPS) is 17.0. The Labute approximate surface area is 205 Å². The molecular formula is C24H23ClN4O4S. The maximum atomic E-state index is 13.6. The third-order valence-electron chi connectivity index (χ3n) is 6.00. The first-order valence-corrected chi connectivity index (χ1v) is 12.3. The van der Waals surface area contributed by atoms with E-state index in [1.807, 2.05) is 12.1 Å². The van der Waals surface area contributed by atoms with Crippen molar-refractivity contribution in [1.82, 2.24) is 9.88 Å². The van der Waals surface area contributed by atoms with Crippen molar-refractivity contribution < 1.29 is 19.1 Å². The van der Waals surface area contributed by atoms with E-state index < -0.39 is 0 Å². The number of anilines is 2. The molecule has 0 atom stereocenters.